The Kier molecular flexibility index (Phi) is 7.09. The van der Waals surface area contributed by atoms with Gasteiger partial charge in [-0.2, -0.15) is 0 Å². The van der Waals surface area contributed by atoms with Crippen molar-refractivity contribution >= 4 is 23.4 Å². The van der Waals surface area contributed by atoms with Crippen LogP contribution >= 0.6 is 11.8 Å². The molecule has 0 radical (unpaired) electrons. The molecule has 5 nitrogen and oxygen atoms in total. The maximum Gasteiger partial charge on any atom is 0.233 e. The van der Waals surface area contributed by atoms with Gasteiger partial charge in [0.15, 0.2) is 11.5 Å². The fraction of sp³-hybridized carbons (Fsp3) is 0.409. The second kappa shape index (κ2) is 9.73. The van der Waals surface area contributed by atoms with Gasteiger partial charge in [-0.3, -0.25) is 4.79 Å². The predicted octanol–water partition coefficient (Wildman–Crippen LogP) is 3.75. The van der Waals surface area contributed by atoms with Gasteiger partial charge in [-0.25, -0.2) is 0 Å². The molecule has 1 heterocycles. The Morgan fingerprint density at radius 2 is 1.96 bits per heavy atom. The van der Waals surface area contributed by atoms with E-state index in [-0.39, 0.29) is 11.2 Å². The van der Waals surface area contributed by atoms with Crippen LogP contribution in [0, 0.1) is 0 Å². The van der Waals surface area contributed by atoms with E-state index in [1.54, 1.807) is 14.2 Å². The largest absolute Gasteiger partial charge is 0.493 e. The second-order valence-electron chi connectivity index (χ2n) is 6.79. The summed E-state index contributed by atoms with van der Waals surface area (Å²) in [6.45, 7) is 4.65. The van der Waals surface area contributed by atoms with Gasteiger partial charge in [-0.05, 0) is 49.6 Å². The number of carbonyl (C=O) groups excluding carboxylic acids is 1. The number of methoxy groups -OCH3 is 2. The number of anilines is 1. The molecule has 2 aromatic rings. The topological polar surface area (TPSA) is 50.8 Å². The third kappa shape index (κ3) is 4.93. The van der Waals surface area contributed by atoms with Crippen LogP contribution in [-0.2, 0) is 11.2 Å². The predicted molar refractivity (Wildman–Crippen MR) is 115 cm³/mol. The van der Waals surface area contributed by atoms with E-state index < -0.39 is 0 Å². The van der Waals surface area contributed by atoms with Crippen LogP contribution in [0.2, 0.25) is 0 Å². The zero-order chi connectivity index (χ0) is 19.9. The van der Waals surface area contributed by atoms with Crippen LogP contribution in [0.25, 0.3) is 0 Å². The molecular formula is C22H28N2O3S. The summed E-state index contributed by atoms with van der Waals surface area (Å²) in [7, 11) is 3.22. The van der Waals surface area contributed by atoms with Gasteiger partial charge in [0.25, 0.3) is 0 Å². The van der Waals surface area contributed by atoms with Crippen LogP contribution in [0.5, 0.6) is 11.5 Å². The van der Waals surface area contributed by atoms with E-state index >= 15 is 0 Å². The molecule has 0 spiro atoms. The van der Waals surface area contributed by atoms with Crippen LogP contribution in [0.1, 0.15) is 18.9 Å². The smallest absolute Gasteiger partial charge is 0.233 e. The average Bonchev–Trinajstić information content (AvgIpc) is 3.14. The first-order chi connectivity index (χ1) is 13.6. The van der Waals surface area contributed by atoms with Crippen molar-refractivity contribution in [3.63, 3.8) is 0 Å². The molecule has 6 heteroatoms. The molecule has 1 unspecified atom stereocenters. The van der Waals surface area contributed by atoms with Gasteiger partial charge in [0.2, 0.25) is 5.91 Å². The minimum Gasteiger partial charge on any atom is -0.493 e. The molecule has 1 aliphatic heterocycles. The van der Waals surface area contributed by atoms with Crippen molar-refractivity contribution in [1.29, 1.82) is 0 Å². The fourth-order valence-corrected chi connectivity index (χ4v) is 4.33. The number of nitrogens with zero attached hydrogens (tertiary/aromatic N) is 1. The minimum absolute atomic E-state index is 0.0570. The summed E-state index contributed by atoms with van der Waals surface area (Å²) in [5.41, 5.74) is 2.76. The van der Waals surface area contributed by atoms with Gasteiger partial charge in [0, 0.05) is 30.2 Å². The molecule has 1 aliphatic rings. The van der Waals surface area contributed by atoms with E-state index in [2.05, 4.69) is 34.5 Å². The number of fused-ring (bicyclic) bond motifs is 1. The lowest BCUT2D eigenvalue weighted by Crippen LogP contribution is -2.33. The Balaban J connectivity index is 1.42. The highest BCUT2D eigenvalue weighted by molar-refractivity contribution is 8.00. The first kappa shape index (κ1) is 20.4. The van der Waals surface area contributed by atoms with Crippen molar-refractivity contribution in [1.82, 2.24) is 5.32 Å². The van der Waals surface area contributed by atoms with E-state index in [4.69, 9.17) is 9.47 Å². The van der Waals surface area contributed by atoms with Gasteiger partial charge in [0.05, 0.1) is 19.5 Å². The molecule has 0 saturated carbocycles. The van der Waals surface area contributed by atoms with Crippen LogP contribution < -0.4 is 19.7 Å². The van der Waals surface area contributed by atoms with Crippen molar-refractivity contribution in [2.75, 3.05) is 38.8 Å². The lowest BCUT2D eigenvalue weighted by Gasteiger charge is -2.19. The van der Waals surface area contributed by atoms with Crippen molar-refractivity contribution < 1.29 is 14.3 Å². The Hall–Kier alpha value is -2.34. The van der Waals surface area contributed by atoms with Crippen LogP contribution in [-0.4, -0.2) is 45.0 Å². The Labute approximate surface area is 171 Å². The molecule has 1 atom stereocenters. The molecule has 0 saturated heterocycles. The summed E-state index contributed by atoms with van der Waals surface area (Å²) in [5, 5.41) is 2.88. The average molecular weight is 401 g/mol. The Morgan fingerprint density at radius 3 is 2.75 bits per heavy atom. The van der Waals surface area contributed by atoms with Crippen molar-refractivity contribution in [2.24, 2.45) is 0 Å². The van der Waals surface area contributed by atoms with Crippen LogP contribution in [0.4, 0.5) is 5.69 Å². The standard InChI is InChI=1S/C22H28N2O3S/c1-16(28-18-9-10-20(26-2)21(15-18)27-3)22(25)23-12-6-13-24-14-11-17-7-4-5-8-19(17)24/h4-5,7-10,15-16H,6,11-14H2,1-3H3,(H,23,25). The number of thioether (sulfide) groups is 1. The fourth-order valence-electron chi connectivity index (χ4n) is 3.41. The molecule has 0 bridgehead atoms. The number of ether oxygens (including phenoxy) is 2. The van der Waals surface area contributed by atoms with E-state index in [0.717, 1.165) is 30.8 Å². The SMILES string of the molecule is COc1ccc(SC(C)C(=O)NCCCN2CCc3ccccc32)cc1OC. The number of carbonyl (C=O) groups is 1. The quantitative estimate of drug-likeness (QED) is 0.513. The minimum atomic E-state index is -0.175. The first-order valence-corrected chi connectivity index (χ1v) is 10.5. The summed E-state index contributed by atoms with van der Waals surface area (Å²) in [6.07, 6.45) is 2.05. The molecule has 0 fully saturated rings. The highest BCUT2D eigenvalue weighted by atomic mass is 32.2. The monoisotopic (exact) mass is 400 g/mol. The van der Waals surface area contributed by atoms with Crippen LogP contribution in [0.3, 0.4) is 0 Å². The maximum atomic E-state index is 12.4. The number of nitrogens with one attached hydrogen (secondary N) is 1. The summed E-state index contributed by atoms with van der Waals surface area (Å²) in [5.74, 6) is 1.42. The molecule has 0 aromatic heterocycles. The lowest BCUT2D eigenvalue weighted by molar-refractivity contribution is -0.120. The normalized spacial score (nSPS) is 13.8. The van der Waals surface area contributed by atoms with Gasteiger partial charge < -0.3 is 19.7 Å². The number of benzene rings is 2. The molecular weight excluding hydrogens is 372 g/mol. The van der Waals surface area contributed by atoms with Gasteiger partial charge in [0.1, 0.15) is 0 Å². The zero-order valence-electron chi connectivity index (χ0n) is 16.7. The van der Waals surface area contributed by atoms with E-state index in [1.165, 1.54) is 23.0 Å². The number of amides is 1. The first-order valence-electron chi connectivity index (χ1n) is 9.61. The van der Waals surface area contributed by atoms with E-state index in [1.807, 2.05) is 25.1 Å². The van der Waals surface area contributed by atoms with E-state index in [0.29, 0.717) is 18.0 Å². The van der Waals surface area contributed by atoms with Crippen molar-refractivity contribution in [3.8, 4) is 11.5 Å². The van der Waals surface area contributed by atoms with Crippen molar-refractivity contribution in [2.45, 2.75) is 29.9 Å². The third-order valence-corrected chi connectivity index (χ3v) is 6.02. The number of para-hydroxylation sites is 1. The third-order valence-electron chi connectivity index (χ3n) is 4.92. The summed E-state index contributed by atoms with van der Waals surface area (Å²) >= 11 is 1.52. The summed E-state index contributed by atoms with van der Waals surface area (Å²) in [6, 6.07) is 14.3. The molecule has 2 aromatic carbocycles. The molecule has 1 N–H and O–H groups in total. The summed E-state index contributed by atoms with van der Waals surface area (Å²) in [4.78, 5) is 15.8. The molecule has 28 heavy (non-hydrogen) atoms. The van der Waals surface area contributed by atoms with Gasteiger partial charge in [-0.15, -0.1) is 11.8 Å². The summed E-state index contributed by atoms with van der Waals surface area (Å²) < 4.78 is 10.6. The number of rotatable bonds is 9. The van der Waals surface area contributed by atoms with Gasteiger partial charge in [-0.1, -0.05) is 18.2 Å². The Bertz CT molecular complexity index is 812. The highest BCUT2D eigenvalue weighted by Crippen LogP contribution is 2.33. The zero-order valence-corrected chi connectivity index (χ0v) is 17.6. The van der Waals surface area contributed by atoms with Gasteiger partial charge >= 0.3 is 0 Å². The molecule has 0 aliphatic carbocycles. The number of hydrogen-bond acceptors (Lipinski definition) is 5. The van der Waals surface area contributed by atoms with Crippen molar-refractivity contribution in [3.05, 3.63) is 48.0 Å². The molecule has 3 rings (SSSR count). The number of hydrogen-bond donors (Lipinski definition) is 1. The molecule has 150 valence electrons. The highest BCUT2D eigenvalue weighted by Gasteiger charge is 2.18. The Morgan fingerprint density at radius 1 is 1.18 bits per heavy atom. The van der Waals surface area contributed by atoms with E-state index in [9.17, 15) is 4.79 Å². The lowest BCUT2D eigenvalue weighted by atomic mass is 10.2. The van der Waals surface area contributed by atoms with Crippen LogP contribution in [0.15, 0.2) is 47.4 Å². The maximum absolute atomic E-state index is 12.4. The molecule has 1 amide bonds. The second-order valence-corrected chi connectivity index (χ2v) is 8.20.